The number of aromatic amines is 1. The molecule has 0 saturated carbocycles. The maximum Gasteiger partial charge on any atom is 0.270 e. The molecule has 2 amide bonds. The molecule has 2 heterocycles. The summed E-state index contributed by atoms with van der Waals surface area (Å²) >= 11 is 0. The van der Waals surface area contributed by atoms with Crippen molar-refractivity contribution in [3.63, 3.8) is 0 Å². The van der Waals surface area contributed by atoms with Crippen molar-refractivity contribution in [2.45, 2.75) is 12.5 Å². The van der Waals surface area contributed by atoms with Crippen LogP contribution >= 0.6 is 0 Å². The van der Waals surface area contributed by atoms with Gasteiger partial charge in [-0.25, -0.2) is 8.78 Å². The van der Waals surface area contributed by atoms with Crippen LogP contribution in [0.15, 0.2) is 60.8 Å². The van der Waals surface area contributed by atoms with Crippen molar-refractivity contribution in [2.75, 3.05) is 25.5 Å². The summed E-state index contributed by atoms with van der Waals surface area (Å²) in [6, 6.07) is 13.9. The van der Waals surface area contributed by atoms with E-state index in [0.717, 1.165) is 12.1 Å². The Morgan fingerprint density at radius 3 is 2.71 bits per heavy atom. The third-order valence-electron chi connectivity index (χ3n) is 5.92. The topological polar surface area (TPSA) is 92.2 Å². The molecule has 7 nitrogen and oxygen atoms in total. The molecule has 0 aliphatic carbocycles. The van der Waals surface area contributed by atoms with Crippen LogP contribution in [0.4, 0.5) is 14.5 Å². The van der Waals surface area contributed by atoms with Crippen LogP contribution in [0.5, 0.6) is 0 Å². The van der Waals surface area contributed by atoms with Gasteiger partial charge in [0, 0.05) is 36.4 Å². The molecule has 3 aromatic rings. The smallest absolute Gasteiger partial charge is 0.270 e. The molecule has 2 unspecified atom stereocenters. The Morgan fingerprint density at radius 2 is 2.00 bits per heavy atom. The maximum atomic E-state index is 14.0. The normalized spacial score (nSPS) is 17.4. The minimum Gasteiger partial charge on any atom is -0.357 e. The molecule has 1 fully saturated rings. The van der Waals surface area contributed by atoms with Crippen molar-refractivity contribution in [1.82, 2.24) is 14.8 Å². The number of hydrogen-bond acceptors (Lipinski definition) is 4. The summed E-state index contributed by atoms with van der Waals surface area (Å²) in [5.74, 6) is -2.53. The number of nitrogens with one attached hydrogen (secondary N) is 2. The second-order valence-electron chi connectivity index (χ2n) is 8.34. The summed E-state index contributed by atoms with van der Waals surface area (Å²) in [7, 11) is 1.55. The van der Waals surface area contributed by atoms with Gasteiger partial charge in [0.25, 0.3) is 5.91 Å². The Labute approximate surface area is 195 Å². The van der Waals surface area contributed by atoms with Crippen molar-refractivity contribution < 1.29 is 18.4 Å². The third-order valence-corrected chi connectivity index (χ3v) is 5.92. The fraction of sp³-hybridized carbons (Fsp3) is 0.240. The number of benzene rings is 2. The molecule has 1 aromatic heterocycles. The van der Waals surface area contributed by atoms with E-state index in [1.807, 2.05) is 18.2 Å². The predicted octanol–water partition coefficient (Wildman–Crippen LogP) is 3.88. The molecule has 4 rings (SSSR count). The number of nitrogens with zero attached hydrogens (tertiary/aromatic N) is 3. The average molecular weight is 463 g/mol. The van der Waals surface area contributed by atoms with Crippen molar-refractivity contribution in [3.05, 3.63) is 78.1 Å². The molecule has 1 aliphatic heterocycles. The number of carbonyl (C=O) groups is 2. The number of rotatable bonds is 6. The lowest BCUT2D eigenvalue weighted by molar-refractivity contribution is -0.119. The van der Waals surface area contributed by atoms with Gasteiger partial charge < -0.3 is 20.1 Å². The van der Waals surface area contributed by atoms with Gasteiger partial charge in [-0.1, -0.05) is 24.8 Å². The number of halogens is 2. The van der Waals surface area contributed by atoms with Gasteiger partial charge in [0.2, 0.25) is 5.91 Å². The number of nitriles is 1. The highest BCUT2D eigenvalue weighted by Crippen LogP contribution is 2.28. The van der Waals surface area contributed by atoms with Crippen LogP contribution < -0.4 is 5.32 Å². The van der Waals surface area contributed by atoms with Crippen LogP contribution in [0, 0.1) is 28.9 Å². The zero-order valence-corrected chi connectivity index (χ0v) is 18.5. The summed E-state index contributed by atoms with van der Waals surface area (Å²) < 4.78 is 27.5. The minimum absolute atomic E-state index is 0.0935. The fourth-order valence-electron chi connectivity index (χ4n) is 4.18. The molecule has 0 spiro atoms. The van der Waals surface area contributed by atoms with Crippen LogP contribution in [0.25, 0.3) is 10.9 Å². The number of carbonyl (C=O) groups excluding carboxylic acids is 2. The first-order valence-corrected chi connectivity index (χ1v) is 10.7. The molecule has 1 aliphatic rings. The van der Waals surface area contributed by atoms with Gasteiger partial charge in [-0.05, 0) is 30.7 Å². The van der Waals surface area contributed by atoms with Gasteiger partial charge in [-0.15, -0.1) is 0 Å². The molecule has 0 bridgehead atoms. The number of H-pyrrole nitrogens is 1. The summed E-state index contributed by atoms with van der Waals surface area (Å²) in [4.78, 5) is 31.4. The molecule has 34 heavy (non-hydrogen) atoms. The van der Waals surface area contributed by atoms with Crippen LogP contribution in [-0.2, 0) is 4.79 Å². The number of fused-ring (bicyclic) bond motifs is 1. The first kappa shape index (κ1) is 23.0. The monoisotopic (exact) mass is 463 g/mol. The lowest BCUT2D eigenvalue weighted by Crippen LogP contribution is -2.36. The second kappa shape index (κ2) is 9.35. The molecular formula is C25H23F2N5O2. The Hall–Kier alpha value is -4.19. The lowest BCUT2D eigenvalue weighted by atomic mass is 10.1. The first-order valence-electron chi connectivity index (χ1n) is 10.7. The molecule has 174 valence electrons. The maximum absolute atomic E-state index is 14.0. The van der Waals surface area contributed by atoms with Crippen molar-refractivity contribution in [2.24, 2.45) is 5.92 Å². The summed E-state index contributed by atoms with van der Waals surface area (Å²) in [6.07, 6.45) is 0.346. The number of likely N-dealkylation sites (N-methyl/N-ethyl adjacent to an activating group) is 1. The van der Waals surface area contributed by atoms with E-state index >= 15 is 0 Å². The predicted molar refractivity (Wildman–Crippen MR) is 124 cm³/mol. The molecule has 0 radical (unpaired) electrons. The van der Waals surface area contributed by atoms with Crippen LogP contribution in [0.3, 0.4) is 0 Å². The molecule has 2 aromatic carbocycles. The van der Waals surface area contributed by atoms with E-state index in [9.17, 15) is 23.6 Å². The first-order chi connectivity index (χ1) is 16.3. The molecule has 1 saturated heterocycles. The Kier molecular flexibility index (Phi) is 6.32. The molecule has 2 atom stereocenters. The second-order valence-corrected chi connectivity index (χ2v) is 8.34. The molecular weight excluding hydrogens is 440 g/mol. The summed E-state index contributed by atoms with van der Waals surface area (Å²) in [5.41, 5.74) is 1.47. The van der Waals surface area contributed by atoms with Gasteiger partial charge in [0.1, 0.15) is 23.4 Å². The zero-order chi connectivity index (χ0) is 24.4. The number of hydrogen-bond donors (Lipinski definition) is 2. The van der Waals surface area contributed by atoms with E-state index in [4.69, 9.17) is 0 Å². The largest absolute Gasteiger partial charge is 0.357 e. The van der Waals surface area contributed by atoms with Gasteiger partial charge in [-0.2, -0.15) is 5.26 Å². The van der Waals surface area contributed by atoms with Gasteiger partial charge in [-0.3, -0.25) is 9.59 Å². The third kappa shape index (κ3) is 4.62. The Bertz CT molecular complexity index is 1300. The zero-order valence-electron chi connectivity index (χ0n) is 18.5. The van der Waals surface area contributed by atoms with Crippen molar-refractivity contribution in [1.29, 1.82) is 5.26 Å². The van der Waals surface area contributed by atoms with E-state index in [0.29, 0.717) is 24.4 Å². The van der Waals surface area contributed by atoms with Crippen molar-refractivity contribution >= 4 is 28.4 Å². The Morgan fingerprint density at radius 1 is 1.26 bits per heavy atom. The molecule has 2 N–H and O–H groups in total. The summed E-state index contributed by atoms with van der Waals surface area (Å²) in [6.45, 7) is 4.42. The lowest BCUT2D eigenvalue weighted by Gasteiger charge is -2.27. The number of aromatic nitrogens is 1. The van der Waals surface area contributed by atoms with Gasteiger partial charge in [0.05, 0.1) is 24.0 Å². The summed E-state index contributed by atoms with van der Waals surface area (Å²) in [5, 5.41) is 12.6. The number of para-hydroxylation sites is 1. The fourth-order valence-corrected chi connectivity index (χ4v) is 4.18. The minimum atomic E-state index is -0.758. The van der Waals surface area contributed by atoms with Crippen LogP contribution in [-0.4, -0.2) is 52.8 Å². The van der Waals surface area contributed by atoms with E-state index in [2.05, 4.69) is 22.9 Å². The van der Waals surface area contributed by atoms with E-state index in [-0.39, 0.29) is 29.0 Å². The quantitative estimate of drug-likeness (QED) is 0.580. The highest BCUT2D eigenvalue weighted by Gasteiger charge is 2.37. The SMILES string of the molecule is C=C(CN(C)C(=O)c1cc2c(F)cc(F)cc2[nH]1)N1CC(C(=O)Nc2ccccc2)CC1C#N. The van der Waals surface area contributed by atoms with Gasteiger partial charge >= 0.3 is 0 Å². The van der Waals surface area contributed by atoms with E-state index in [1.165, 1.54) is 11.0 Å². The number of amides is 2. The molecule has 9 heteroatoms. The van der Waals surface area contributed by atoms with E-state index in [1.54, 1.807) is 24.1 Å². The number of likely N-dealkylation sites (tertiary alicyclic amines) is 1. The Balaban J connectivity index is 1.42. The van der Waals surface area contributed by atoms with Crippen LogP contribution in [0.1, 0.15) is 16.9 Å². The highest BCUT2D eigenvalue weighted by atomic mass is 19.1. The van der Waals surface area contributed by atoms with E-state index < -0.39 is 29.5 Å². The number of anilines is 1. The standard InChI is InChI=1S/C25H23F2N5O2/c1-15(13-31(2)25(34)23-11-20-21(27)9-17(26)10-22(20)30-23)32-14-16(8-19(32)12-28)24(33)29-18-6-4-3-5-7-18/h3-7,9-11,16,19,30H,1,8,13-14H2,2H3,(H,29,33). The van der Waals surface area contributed by atoms with Crippen LogP contribution in [0.2, 0.25) is 0 Å². The van der Waals surface area contributed by atoms with Crippen molar-refractivity contribution in [3.8, 4) is 6.07 Å². The van der Waals surface area contributed by atoms with Gasteiger partial charge in [0.15, 0.2) is 0 Å². The average Bonchev–Trinajstić information content (AvgIpc) is 3.44. The highest BCUT2D eigenvalue weighted by molar-refractivity contribution is 5.98.